The van der Waals surface area contributed by atoms with Crippen molar-refractivity contribution < 1.29 is 14.7 Å². The lowest BCUT2D eigenvalue weighted by Crippen LogP contribution is -2.40. The summed E-state index contributed by atoms with van der Waals surface area (Å²) in [5.74, 6) is -0.936. The average Bonchev–Trinajstić information content (AvgIpc) is 2.59. The predicted molar refractivity (Wildman–Crippen MR) is 90.7 cm³/mol. The third-order valence-corrected chi connectivity index (χ3v) is 3.67. The Kier molecular flexibility index (Phi) is 5.89. The fourth-order valence-electron chi connectivity index (χ4n) is 2.23. The number of hydrogen-bond donors (Lipinski definition) is 2. The third-order valence-electron chi connectivity index (χ3n) is 3.67. The molecule has 0 saturated heterocycles. The van der Waals surface area contributed by atoms with E-state index in [9.17, 15) is 9.59 Å². The molecule has 0 radical (unpaired) electrons. The van der Waals surface area contributed by atoms with Crippen LogP contribution >= 0.6 is 0 Å². The molecule has 24 heavy (non-hydrogen) atoms. The van der Waals surface area contributed by atoms with Crippen LogP contribution in [0, 0.1) is 6.92 Å². The molecule has 0 saturated carbocycles. The van der Waals surface area contributed by atoms with Crippen molar-refractivity contribution in [2.24, 2.45) is 0 Å². The number of hydrogen-bond acceptors (Lipinski definition) is 3. The van der Waals surface area contributed by atoms with Crippen LogP contribution in [-0.4, -0.2) is 40.6 Å². The first-order valence-electron chi connectivity index (χ1n) is 7.68. The summed E-state index contributed by atoms with van der Waals surface area (Å²) in [4.78, 5) is 28.7. The Bertz CT molecular complexity index is 686. The van der Waals surface area contributed by atoms with Crippen molar-refractivity contribution in [3.05, 3.63) is 65.5 Å². The van der Waals surface area contributed by atoms with Gasteiger partial charge in [-0.05, 0) is 24.6 Å². The molecule has 0 aliphatic carbocycles. The highest BCUT2D eigenvalue weighted by Crippen LogP contribution is 2.21. The van der Waals surface area contributed by atoms with Gasteiger partial charge in [0.15, 0.2) is 0 Å². The molecule has 1 aromatic carbocycles. The third kappa shape index (κ3) is 4.81. The number of carboxylic acids is 1. The second kappa shape index (κ2) is 8.10. The van der Waals surface area contributed by atoms with Gasteiger partial charge in [-0.25, -0.2) is 4.79 Å². The van der Waals surface area contributed by atoms with Crippen molar-refractivity contribution in [3.8, 4) is 0 Å². The molecule has 1 atom stereocenters. The fraction of sp³-hybridized carbons (Fsp3) is 0.278. The van der Waals surface area contributed by atoms with E-state index in [1.807, 2.05) is 49.4 Å². The Labute approximate surface area is 141 Å². The first kappa shape index (κ1) is 17.5. The van der Waals surface area contributed by atoms with E-state index in [4.69, 9.17) is 5.11 Å². The van der Waals surface area contributed by atoms with Crippen molar-refractivity contribution in [1.29, 1.82) is 0 Å². The van der Waals surface area contributed by atoms with E-state index in [1.54, 1.807) is 13.2 Å². The number of aromatic nitrogens is 1. The summed E-state index contributed by atoms with van der Waals surface area (Å²) < 4.78 is 0. The zero-order valence-electron chi connectivity index (χ0n) is 13.8. The normalized spacial score (nSPS) is 11.6. The van der Waals surface area contributed by atoms with E-state index in [1.165, 1.54) is 4.90 Å². The predicted octanol–water partition coefficient (Wildman–Crippen LogP) is 2.60. The Hall–Kier alpha value is -2.89. The molecule has 2 N–H and O–H groups in total. The zero-order valence-corrected chi connectivity index (χ0v) is 13.8. The minimum absolute atomic E-state index is 0.0945. The zero-order chi connectivity index (χ0) is 17.5. The van der Waals surface area contributed by atoms with Crippen molar-refractivity contribution in [2.45, 2.75) is 19.4 Å². The first-order chi connectivity index (χ1) is 11.5. The van der Waals surface area contributed by atoms with Gasteiger partial charge in [0.25, 0.3) is 0 Å². The summed E-state index contributed by atoms with van der Waals surface area (Å²) >= 11 is 0. The molecule has 0 aliphatic rings. The van der Waals surface area contributed by atoms with Gasteiger partial charge in [-0.15, -0.1) is 0 Å². The van der Waals surface area contributed by atoms with Gasteiger partial charge in [0, 0.05) is 19.8 Å². The average molecular weight is 327 g/mol. The van der Waals surface area contributed by atoms with E-state index in [0.29, 0.717) is 0 Å². The summed E-state index contributed by atoms with van der Waals surface area (Å²) in [6.45, 7) is 2.14. The maximum atomic E-state index is 12.4. The van der Waals surface area contributed by atoms with Gasteiger partial charge in [-0.3, -0.25) is 9.78 Å². The van der Waals surface area contributed by atoms with Crippen LogP contribution in [0.5, 0.6) is 0 Å². The van der Waals surface area contributed by atoms with Crippen molar-refractivity contribution in [1.82, 2.24) is 15.2 Å². The summed E-state index contributed by atoms with van der Waals surface area (Å²) in [7, 11) is 1.57. The molecular weight excluding hydrogens is 306 g/mol. The molecule has 6 nitrogen and oxygen atoms in total. The molecule has 0 fully saturated rings. The number of aryl methyl sites for hydroxylation is 1. The molecule has 1 unspecified atom stereocenters. The minimum Gasteiger partial charge on any atom is -0.481 e. The van der Waals surface area contributed by atoms with E-state index < -0.39 is 12.0 Å². The molecule has 6 heteroatoms. The van der Waals surface area contributed by atoms with Gasteiger partial charge in [-0.1, -0.05) is 35.9 Å². The highest BCUT2D eigenvalue weighted by molar-refractivity contribution is 5.76. The molecule has 2 aromatic rings. The number of nitrogens with zero attached hydrogens (tertiary/aromatic N) is 2. The van der Waals surface area contributed by atoms with Crippen molar-refractivity contribution >= 4 is 12.0 Å². The number of urea groups is 1. The molecule has 2 rings (SSSR count). The van der Waals surface area contributed by atoms with E-state index in [0.717, 1.165) is 16.8 Å². The van der Waals surface area contributed by atoms with Crippen LogP contribution in [0.15, 0.2) is 48.7 Å². The van der Waals surface area contributed by atoms with Gasteiger partial charge in [0.1, 0.15) is 0 Å². The van der Waals surface area contributed by atoms with Gasteiger partial charge < -0.3 is 15.3 Å². The number of rotatable bonds is 6. The smallest absolute Gasteiger partial charge is 0.317 e. The van der Waals surface area contributed by atoms with Crippen LogP contribution in [0.1, 0.15) is 29.3 Å². The van der Waals surface area contributed by atoms with Crippen LogP contribution in [-0.2, 0) is 4.79 Å². The number of nitrogens with one attached hydrogen (secondary N) is 1. The van der Waals surface area contributed by atoms with E-state index in [-0.39, 0.29) is 19.0 Å². The lowest BCUT2D eigenvalue weighted by atomic mass is 10.0. The fourth-order valence-corrected chi connectivity index (χ4v) is 2.23. The summed E-state index contributed by atoms with van der Waals surface area (Å²) in [5.41, 5.74) is 2.77. The summed E-state index contributed by atoms with van der Waals surface area (Å²) in [6.07, 6.45) is 1.58. The monoisotopic (exact) mass is 327 g/mol. The minimum atomic E-state index is -0.936. The lowest BCUT2D eigenvalue weighted by Gasteiger charge is -2.23. The second-order valence-corrected chi connectivity index (χ2v) is 5.61. The number of carboxylic acid groups (broad SMARTS) is 1. The summed E-state index contributed by atoms with van der Waals surface area (Å²) in [6, 6.07) is 12.6. The second-order valence-electron chi connectivity index (χ2n) is 5.61. The molecule has 0 bridgehead atoms. The molecular formula is C18H21N3O3. The molecule has 1 heterocycles. The molecule has 0 aliphatic heterocycles. The molecule has 0 spiro atoms. The van der Waals surface area contributed by atoms with Gasteiger partial charge in [0.05, 0.1) is 18.2 Å². The van der Waals surface area contributed by atoms with E-state index >= 15 is 0 Å². The van der Waals surface area contributed by atoms with Crippen LogP contribution in [0.4, 0.5) is 4.79 Å². The number of pyridine rings is 1. The Morgan fingerprint density at radius 2 is 1.92 bits per heavy atom. The topological polar surface area (TPSA) is 82.5 Å². The highest BCUT2D eigenvalue weighted by atomic mass is 16.4. The number of carbonyl (C=O) groups excluding carboxylic acids is 1. The number of benzene rings is 1. The van der Waals surface area contributed by atoms with Crippen molar-refractivity contribution in [2.75, 3.05) is 13.6 Å². The number of amides is 2. The van der Waals surface area contributed by atoms with Crippen LogP contribution in [0.25, 0.3) is 0 Å². The van der Waals surface area contributed by atoms with E-state index in [2.05, 4.69) is 10.3 Å². The van der Waals surface area contributed by atoms with Gasteiger partial charge >= 0.3 is 12.0 Å². The van der Waals surface area contributed by atoms with Gasteiger partial charge in [0.2, 0.25) is 0 Å². The van der Waals surface area contributed by atoms with Crippen LogP contribution < -0.4 is 5.32 Å². The number of carbonyl (C=O) groups is 2. The summed E-state index contributed by atoms with van der Waals surface area (Å²) in [5, 5.41) is 11.7. The quantitative estimate of drug-likeness (QED) is 0.854. The molecule has 2 amide bonds. The Balaban J connectivity index is 2.19. The van der Waals surface area contributed by atoms with Crippen LogP contribution in [0.2, 0.25) is 0 Å². The standard InChI is InChI=1S/C18H21N3O3/c1-13-6-8-14(9-7-13)17(15-5-3-4-11-19-15)20-18(24)21(2)12-10-16(22)23/h3-9,11,17H,10,12H2,1-2H3,(H,20,24)(H,22,23). The first-order valence-corrected chi connectivity index (χ1v) is 7.68. The highest BCUT2D eigenvalue weighted by Gasteiger charge is 2.20. The lowest BCUT2D eigenvalue weighted by molar-refractivity contribution is -0.137. The van der Waals surface area contributed by atoms with Gasteiger partial charge in [-0.2, -0.15) is 0 Å². The largest absolute Gasteiger partial charge is 0.481 e. The SMILES string of the molecule is Cc1ccc(C(NC(=O)N(C)CCC(=O)O)c2ccccn2)cc1. The maximum Gasteiger partial charge on any atom is 0.317 e. The Morgan fingerprint density at radius 3 is 2.50 bits per heavy atom. The maximum absolute atomic E-state index is 12.4. The van der Waals surface area contributed by atoms with Crippen molar-refractivity contribution in [3.63, 3.8) is 0 Å². The molecule has 1 aromatic heterocycles. The number of aliphatic carboxylic acids is 1. The van der Waals surface area contributed by atoms with Crippen LogP contribution in [0.3, 0.4) is 0 Å². The molecule has 126 valence electrons. The Morgan fingerprint density at radius 1 is 1.21 bits per heavy atom.